The molecule has 0 spiro atoms. The van der Waals surface area contributed by atoms with Crippen LogP contribution in [0.15, 0.2) is 18.2 Å². The van der Waals surface area contributed by atoms with E-state index < -0.39 is 23.2 Å². The fourth-order valence-corrected chi connectivity index (χ4v) is 2.39. The molecule has 0 aliphatic carbocycles. The van der Waals surface area contributed by atoms with E-state index >= 15 is 0 Å². The van der Waals surface area contributed by atoms with Crippen LogP contribution >= 0.6 is 11.3 Å². The van der Waals surface area contributed by atoms with Crippen LogP contribution < -0.4 is 11.1 Å². The summed E-state index contributed by atoms with van der Waals surface area (Å²) in [6, 6.07) is 3.91. The quantitative estimate of drug-likeness (QED) is 0.886. The molecule has 3 N–H and O–H groups in total. The van der Waals surface area contributed by atoms with E-state index in [0.29, 0.717) is 10.6 Å². The summed E-state index contributed by atoms with van der Waals surface area (Å²) in [6.07, 6.45) is 0. The molecule has 0 atom stereocenters. The van der Waals surface area contributed by atoms with Crippen molar-refractivity contribution in [1.82, 2.24) is 0 Å². The van der Waals surface area contributed by atoms with Crippen LogP contribution in [-0.2, 0) is 0 Å². The van der Waals surface area contributed by atoms with Crippen molar-refractivity contribution in [2.45, 2.75) is 13.8 Å². The van der Waals surface area contributed by atoms with E-state index in [-0.39, 0.29) is 5.56 Å². The summed E-state index contributed by atoms with van der Waals surface area (Å²) in [6.45, 7) is 3.27. The van der Waals surface area contributed by atoms with Gasteiger partial charge in [0.15, 0.2) is 5.82 Å². The normalized spacial score (nSPS) is 10.5. The second-order valence-corrected chi connectivity index (χ2v) is 5.39. The first-order valence-corrected chi connectivity index (χ1v) is 6.33. The number of nitrogen functional groups attached to an aromatic ring is 1. The topological polar surface area (TPSA) is 55.1 Å². The highest BCUT2D eigenvalue weighted by Crippen LogP contribution is 2.26. The largest absolute Gasteiger partial charge is 0.398 e. The maximum atomic E-state index is 13.7. The Morgan fingerprint density at radius 2 is 2.00 bits per heavy atom. The van der Waals surface area contributed by atoms with Gasteiger partial charge in [-0.2, -0.15) is 0 Å². The third-order valence-electron chi connectivity index (χ3n) is 2.70. The maximum Gasteiger partial charge on any atom is 0.265 e. The number of hydrogen-bond donors (Lipinski definition) is 2. The van der Waals surface area contributed by atoms with Crippen molar-refractivity contribution in [3.8, 4) is 0 Å². The smallest absolute Gasteiger partial charge is 0.265 e. The van der Waals surface area contributed by atoms with Gasteiger partial charge in [-0.1, -0.05) is 6.07 Å². The molecule has 1 amide bonds. The zero-order chi connectivity index (χ0) is 14.2. The summed E-state index contributed by atoms with van der Waals surface area (Å²) in [7, 11) is 0. The highest BCUT2D eigenvalue weighted by Gasteiger charge is 2.17. The Bertz CT molecular complexity index is 633. The number of benzene rings is 1. The number of nitrogens with two attached hydrogens (primary N) is 1. The number of thiophene rings is 1. The zero-order valence-electron chi connectivity index (χ0n) is 10.4. The van der Waals surface area contributed by atoms with Crippen LogP contribution in [0.4, 0.5) is 20.2 Å². The van der Waals surface area contributed by atoms with E-state index in [0.717, 1.165) is 10.9 Å². The summed E-state index contributed by atoms with van der Waals surface area (Å²) >= 11 is 1.18. The van der Waals surface area contributed by atoms with Gasteiger partial charge in [0, 0.05) is 10.6 Å². The predicted molar refractivity (Wildman–Crippen MR) is 72.5 cm³/mol. The Labute approximate surface area is 113 Å². The highest BCUT2D eigenvalue weighted by molar-refractivity contribution is 7.14. The zero-order valence-corrected chi connectivity index (χ0v) is 11.2. The highest BCUT2D eigenvalue weighted by atomic mass is 32.1. The first-order valence-electron chi connectivity index (χ1n) is 5.52. The first-order chi connectivity index (χ1) is 8.90. The number of carbonyl (C=O) groups is 1. The molecular formula is C13H12F2N2OS. The van der Waals surface area contributed by atoms with Crippen molar-refractivity contribution in [2.24, 2.45) is 0 Å². The number of hydrogen-bond acceptors (Lipinski definition) is 3. The average molecular weight is 282 g/mol. The standard InChI is InChI=1S/C13H12F2N2OS/c1-6-3-4-8(14)12(11(6)15)17-13(18)10-5-9(16)7(2)19-10/h3-5H,16H2,1-2H3,(H,17,18). The van der Waals surface area contributed by atoms with Gasteiger partial charge in [0.25, 0.3) is 5.91 Å². The van der Waals surface area contributed by atoms with E-state index in [1.54, 1.807) is 6.92 Å². The Morgan fingerprint density at radius 1 is 1.32 bits per heavy atom. The molecule has 1 aromatic heterocycles. The minimum Gasteiger partial charge on any atom is -0.398 e. The lowest BCUT2D eigenvalue weighted by atomic mass is 10.2. The second kappa shape index (κ2) is 4.97. The first kappa shape index (κ1) is 13.5. The van der Waals surface area contributed by atoms with Gasteiger partial charge >= 0.3 is 0 Å². The van der Waals surface area contributed by atoms with Crippen molar-refractivity contribution in [1.29, 1.82) is 0 Å². The monoisotopic (exact) mass is 282 g/mol. The molecule has 0 radical (unpaired) electrons. The molecule has 0 saturated carbocycles. The Hall–Kier alpha value is -1.95. The van der Waals surface area contributed by atoms with Crippen LogP contribution in [-0.4, -0.2) is 5.91 Å². The lowest BCUT2D eigenvalue weighted by Gasteiger charge is -2.08. The van der Waals surface area contributed by atoms with Crippen LogP contribution in [0.3, 0.4) is 0 Å². The number of carbonyl (C=O) groups excluding carboxylic acids is 1. The molecule has 2 aromatic rings. The van der Waals surface area contributed by atoms with Crippen LogP contribution in [0.5, 0.6) is 0 Å². The van der Waals surface area contributed by atoms with Gasteiger partial charge in [-0.25, -0.2) is 8.78 Å². The van der Waals surface area contributed by atoms with Crippen LogP contribution in [0.25, 0.3) is 0 Å². The summed E-state index contributed by atoms with van der Waals surface area (Å²) in [5.41, 5.74) is 5.95. The molecule has 0 aliphatic rings. The number of halogens is 2. The molecule has 0 bridgehead atoms. The molecule has 0 saturated heterocycles. The number of rotatable bonds is 2. The number of anilines is 2. The van der Waals surface area contributed by atoms with E-state index in [1.165, 1.54) is 30.4 Å². The molecule has 1 aromatic carbocycles. The number of nitrogens with one attached hydrogen (secondary N) is 1. The average Bonchev–Trinajstić information content (AvgIpc) is 2.70. The summed E-state index contributed by atoms with van der Waals surface area (Å²) in [4.78, 5) is 13.0. The fraction of sp³-hybridized carbons (Fsp3) is 0.154. The minimum atomic E-state index is -0.808. The maximum absolute atomic E-state index is 13.7. The second-order valence-electron chi connectivity index (χ2n) is 4.13. The molecule has 3 nitrogen and oxygen atoms in total. The van der Waals surface area contributed by atoms with Gasteiger partial charge in [-0.15, -0.1) is 11.3 Å². The molecule has 0 fully saturated rings. The van der Waals surface area contributed by atoms with E-state index in [2.05, 4.69) is 5.32 Å². The number of amides is 1. The van der Waals surface area contributed by atoms with Crippen molar-refractivity contribution >= 4 is 28.6 Å². The van der Waals surface area contributed by atoms with Gasteiger partial charge < -0.3 is 11.1 Å². The SMILES string of the molecule is Cc1ccc(F)c(NC(=O)c2cc(N)c(C)s2)c1F. The third-order valence-corrected chi connectivity index (χ3v) is 3.77. The lowest BCUT2D eigenvalue weighted by Crippen LogP contribution is -2.13. The van der Waals surface area contributed by atoms with Gasteiger partial charge in [0.05, 0.1) is 4.88 Å². The van der Waals surface area contributed by atoms with Crippen LogP contribution in [0.1, 0.15) is 20.1 Å². The van der Waals surface area contributed by atoms with E-state index in [9.17, 15) is 13.6 Å². The third kappa shape index (κ3) is 2.58. The van der Waals surface area contributed by atoms with Crippen molar-refractivity contribution in [3.63, 3.8) is 0 Å². The lowest BCUT2D eigenvalue weighted by molar-refractivity contribution is 0.102. The molecule has 19 heavy (non-hydrogen) atoms. The van der Waals surface area contributed by atoms with Gasteiger partial charge in [0.2, 0.25) is 0 Å². The minimum absolute atomic E-state index is 0.263. The fourth-order valence-electron chi connectivity index (χ4n) is 1.55. The van der Waals surface area contributed by atoms with Crippen LogP contribution in [0.2, 0.25) is 0 Å². The van der Waals surface area contributed by atoms with Gasteiger partial charge in [-0.3, -0.25) is 4.79 Å². The molecular weight excluding hydrogens is 270 g/mol. The van der Waals surface area contributed by atoms with Crippen molar-refractivity contribution in [2.75, 3.05) is 11.1 Å². The predicted octanol–water partition coefficient (Wildman–Crippen LogP) is 3.48. The number of aryl methyl sites for hydroxylation is 2. The molecule has 100 valence electrons. The molecule has 6 heteroatoms. The molecule has 1 heterocycles. The van der Waals surface area contributed by atoms with E-state index in [1.807, 2.05) is 0 Å². The van der Waals surface area contributed by atoms with E-state index in [4.69, 9.17) is 5.73 Å². The Morgan fingerprint density at radius 3 is 2.58 bits per heavy atom. The van der Waals surface area contributed by atoms with Gasteiger partial charge in [-0.05, 0) is 31.5 Å². The van der Waals surface area contributed by atoms with Crippen LogP contribution in [0, 0.1) is 25.5 Å². The van der Waals surface area contributed by atoms with Gasteiger partial charge in [0.1, 0.15) is 11.5 Å². The Balaban J connectivity index is 2.31. The molecule has 0 unspecified atom stereocenters. The molecule has 0 aliphatic heterocycles. The molecule has 2 rings (SSSR count). The summed E-state index contributed by atoms with van der Waals surface area (Å²) in [5, 5.41) is 2.24. The summed E-state index contributed by atoms with van der Waals surface area (Å²) in [5.74, 6) is -2.15. The Kier molecular flexibility index (Phi) is 3.53. The summed E-state index contributed by atoms with van der Waals surface area (Å²) < 4.78 is 27.3. The van der Waals surface area contributed by atoms with Crippen molar-refractivity contribution < 1.29 is 13.6 Å². The van der Waals surface area contributed by atoms with Crippen molar-refractivity contribution in [3.05, 3.63) is 45.2 Å².